The van der Waals surface area contributed by atoms with Crippen LogP contribution in [-0.2, 0) is 0 Å². The third kappa shape index (κ3) is 2.31. The molecule has 3 rings (SSSR count). The summed E-state index contributed by atoms with van der Waals surface area (Å²) in [7, 11) is 0. The molecule has 0 radical (unpaired) electrons. The van der Waals surface area contributed by atoms with Crippen molar-refractivity contribution in [1.82, 2.24) is 9.55 Å². The van der Waals surface area contributed by atoms with E-state index in [0.29, 0.717) is 4.77 Å². The molecule has 3 nitrogen and oxygen atoms in total. The number of aromatic amines is 1. The molecule has 0 aliphatic carbocycles. The van der Waals surface area contributed by atoms with E-state index in [0.717, 1.165) is 25.5 Å². The second-order valence-corrected chi connectivity index (χ2v) is 8.15. The van der Waals surface area contributed by atoms with Gasteiger partial charge in [-0.05, 0) is 57.6 Å². The highest BCUT2D eigenvalue weighted by Gasteiger charge is 2.18. The third-order valence-electron chi connectivity index (χ3n) is 3.82. The Kier molecular flexibility index (Phi) is 3.63. The summed E-state index contributed by atoms with van der Waals surface area (Å²) in [4.78, 5) is 20.5. The fraction of sp³-hybridized carbons (Fsp3) is 0.333. The summed E-state index contributed by atoms with van der Waals surface area (Å²) in [5.74, 6) is 0. The van der Waals surface area contributed by atoms with Crippen molar-refractivity contribution in [2.45, 2.75) is 33.7 Å². The quantitative estimate of drug-likeness (QED) is 0.688. The van der Waals surface area contributed by atoms with E-state index < -0.39 is 0 Å². The Morgan fingerprint density at radius 3 is 2.57 bits per heavy atom. The van der Waals surface area contributed by atoms with Crippen LogP contribution in [0.1, 0.15) is 33.2 Å². The molecule has 1 unspecified atom stereocenters. The molecule has 6 heteroatoms. The predicted molar refractivity (Wildman–Crippen MR) is 93.6 cm³/mol. The second kappa shape index (κ2) is 5.19. The summed E-state index contributed by atoms with van der Waals surface area (Å²) >= 11 is 8.72. The van der Waals surface area contributed by atoms with Gasteiger partial charge >= 0.3 is 0 Å². The molecule has 0 amide bonds. The van der Waals surface area contributed by atoms with Crippen LogP contribution < -0.4 is 5.56 Å². The summed E-state index contributed by atoms with van der Waals surface area (Å²) in [6, 6.07) is 4.10. The number of H-pyrrole nitrogens is 1. The Balaban J connectivity index is 2.30. The molecule has 0 saturated heterocycles. The van der Waals surface area contributed by atoms with Gasteiger partial charge in [0.15, 0.2) is 4.77 Å². The number of fused-ring (bicyclic) bond motifs is 1. The molecule has 1 N–H and O–H groups in total. The van der Waals surface area contributed by atoms with Crippen molar-refractivity contribution in [3.05, 3.63) is 47.5 Å². The van der Waals surface area contributed by atoms with Crippen molar-refractivity contribution in [3.8, 4) is 0 Å². The Morgan fingerprint density at radius 2 is 1.95 bits per heavy atom. The first kappa shape index (κ1) is 14.7. The average Bonchev–Trinajstić information content (AvgIpc) is 2.95. The Hall–Kier alpha value is -1.24. The molecule has 0 aliphatic heterocycles. The zero-order valence-corrected chi connectivity index (χ0v) is 14.8. The van der Waals surface area contributed by atoms with Crippen LogP contribution in [0, 0.1) is 25.5 Å². The van der Waals surface area contributed by atoms with Crippen LogP contribution >= 0.6 is 34.9 Å². The van der Waals surface area contributed by atoms with E-state index >= 15 is 0 Å². The SMILES string of the molecule is Cc1ccc(C(C)n2c(=S)[nH]c3sc(C)c(C)c3c2=O)s1. The lowest BCUT2D eigenvalue weighted by Crippen LogP contribution is -2.25. The number of hydrogen-bond donors (Lipinski definition) is 1. The van der Waals surface area contributed by atoms with Crippen LogP contribution in [0.15, 0.2) is 16.9 Å². The molecule has 1 atom stereocenters. The summed E-state index contributed by atoms with van der Waals surface area (Å²) < 4.78 is 2.19. The highest BCUT2D eigenvalue weighted by molar-refractivity contribution is 7.71. The van der Waals surface area contributed by atoms with Crippen molar-refractivity contribution in [2.24, 2.45) is 0 Å². The summed E-state index contributed by atoms with van der Waals surface area (Å²) in [5.41, 5.74) is 1.06. The average molecular weight is 337 g/mol. The van der Waals surface area contributed by atoms with Crippen LogP contribution in [-0.4, -0.2) is 9.55 Å². The predicted octanol–water partition coefficient (Wildman–Crippen LogP) is 4.72. The van der Waals surface area contributed by atoms with E-state index in [1.165, 1.54) is 4.88 Å². The maximum Gasteiger partial charge on any atom is 0.263 e. The monoisotopic (exact) mass is 336 g/mol. The Bertz CT molecular complexity index is 942. The van der Waals surface area contributed by atoms with E-state index in [1.54, 1.807) is 27.2 Å². The van der Waals surface area contributed by atoms with Crippen LogP contribution in [0.3, 0.4) is 0 Å². The van der Waals surface area contributed by atoms with Gasteiger partial charge in [-0.15, -0.1) is 22.7 Å². The number of nitrogens with zero attached hydrogens (tertiary/aromatic N) is 1. The molecular formula is C15H16N2OS3. The Morgan fingerprint density at radius 1 is 1.24 bits per heavy atom. The molecule has 0 fully saturated rings. The molecule has 3 aromatic rings. The first-order chi connectivity index (χ1) is 9.90. The molecule has 21 heavy (non-hydrogen) atoms. The molecule has 0 bridgehead atoms. The van der Waals surface area contributed by atoms with Gasteiger partial charge in [0.2, 0.25) is 0 Å². The molecule has 0 aromatic carbocycles. The van der Waals surface area contributed by atoms with Crippen molar-refractivity contribution in [2.75, 3.05) is 0 Å². The number of rotatable bonds is 2. The molecule has 110 valence electrons. The van der Waals surface area contributed by atoms with Crippen LogP contribution in [0.5, 0.6) is 0 Å². The number of thiophene rings is 2. The number of aryl methyl sites for hydroxylation is 3. The smallest absolute Gasteiger partial charge is 0.263 e. The molecule has 0 aliphatic rings. The zero-order chi connectivity index (χ0) is 15.3. The zero-order valence-electron chi connectivity index (χ0n) is 12.3. The van der Waals surface area contributed by atoms with Gasteiger partial charge in [-0.1, -0.05) is 0 Å². The molecule has 3 aromatic heterocycles. The lowest BCUT2D eigenvalue weighted by atomic mass is 10.2. The van der Waals surface area contributed by atoms with E-state index in [9.17, 15) is 4.79 Å². The van der Waals surface area contributed by atoms with Gasteiger partial charge < -0.3 is 4.98 Å². The summed E-state index contributed by atoms with van der Waals surface area (Å²) in [6.45, 7) is 8.13. The third-order valence-corrected chi connectivity index (χ3v) is 6.41. The van der Waals surface area contributed by atoms with E-state index in [4.69, 9.17) is 12.2 Å². The van der Waals surface area contributed by atoms with Crippen molar-refractivity contribution in [1.29, 1.82) is 0 Å². The first-order valence-corrected chi connectivity index (χ1v) is 8.75. The minimum atomic E-state index is -0.0519. The van der Waals surface area contributed by atoms with Crippen LogP contribution in [0.4, 0.5) is 0 Å². The maximum absolute atomic E-state index is 12.9. The molecule has 0 spiro atoms. The highest BCUT2D eigenvalue weighted by Crippen LogP contribution is 2.28. The number of aromatic nitrogens is 2. The standard InChI is InChI=1S/C15H16N2OS3/c1-7-5-6-11(20-7)9(3)17-14(18)12-8(2)10(4)21-13(12)16-15(17)19/h5-6,9H,1-4H3,(H,16,19). The van der Waals surface area contributed by atoms with Crippen molar-refractivity contribution < 1.29 is 0 Å². The van der Waals surface area contributed by atoms with Crippen LogP contribution in [0.25, 0.3) is 10.2 Å². The van der Waals surface area contributed by atoms with Crippen LogP contribution in [0.2, 0.25) is 0 Å². The van der Waals surface area contributed by atoms with Gasteiger partial charge in [0.05, 0.1) is 11.4 Å². The lowest BCUT2D eigenvalue weighted by molar-refractivity contribution is 0.609. The maximum atomic E-state index is 12.9. The summed E-state index contributed by atoms with van der Waals surface area (Å²) in [5, 5.41) is 0.770. The lowest BCUT2D eigenvalue weighted by Gasteiger charge is -2.14. The fourth-order valence-electron chi connectivity index (χ4n) is 2.50. The highest BCUT2D eigenvalue weighted by atomic mass is 32.1. The second-order valence-electron chi connectivity index (χ2n) is 5.22. The Labute approximate surface area is 135 Å². The van der Waals surface area contributed by atoms with E-state index in [-0.39, 0.29) is 11.6 Å². The van der Waals surface area contributed by atoms with Crippen molar-refractivity contribution >= 4 is 45.1 Å². The number of hydrogen-bond acceptors (Lipinski definition) is 4. The minimum Gasteiger partial charge on any atom is -0.323 e. The molecular weight excluding hydrogens is 320 g/mol. The van der Waals surface area contributed by atoms with E-state index in [2.05, 4.69) is 24.0 Å². The topological polar surface area (TPSA) is 37.8 Å². The molecule has 0 saturated carbocycles. The van der Waals surface area contributed by atoms with Gasteiger partial charge in [0, 0.05) is 14.6 Å². The van der Waals surface area contributed by atoms with Gasteiger partial charge in [-0.2, -0.15) is 0 Å². The van der Waals surface area contributed by atoms with E-state index in [1.807, 2.05) is 20.8 Å². The van der Waals surface area contributed by atoms with Gasteiger partial charge in [-0.3, -0.25) is 9.36 Å². The molecule has 3 heterocycles. The normalized spacial score (nSPS) is 13.0. The minimum absolute atomic E-state index is 0.00848. The van der Waals surface area contributed by atoms with Gasteiger partial charge in [0.25, 0.3) is 5.56 Å². The summed E-state index contributed by atoms with van der Waals surface area (Å²) in [6.07, 6.45) is 0. The van der Waals surface area contributed by atoms with Gasteiger partial charge in [-0.25, -0.2) is 0 Å². The largest absolute Gasteiger partial charge is 0.323 e. The van der Waals surface area contributed by atoms with Crippen molar-refractivity contribution in [3.63, 3.8) is 0 Å². The van der Waals surface area contributed by atoms with Gasteiger partial charge in [0.1, 0.15) is 4.83 Å². The fourth-order valence-corrected chi connectivity index (χ4v) is 4.88. The first-order valence-electron chi connectivity index (χ1n) is 6.71. The number of nitrogens with one attached hydrogen (secondary N) is 1.